The molecule has 43 heavy (non-hydrogen) atoms. The molecule has 0 spiro atoms. The van der Waals surface area contributed by atoms with Crippen LogP contribution in [0, 0.1) is 5.92 Å². The number of carbonyl (C=O) groups excluding carboxylic acids is 3. The number of carbonyl (C=O) groups is 3. The van der Waals surface area contributed by atoms with E-state index in [0.29, 0.717) is 24.4 Å². The van der Waals surface area contributed by atoms with E-state index < -0.39 is 12.0 Å². The first-order valence-electron chi connectivity index (χ1n) is 14.7. The molecule has 8 heteroatoms. The van der Waals surface area contributed by atoms with E-state index in [-0.39, 0.29) is 31.0 Å². The van der Waals surface area contributed by atoms with Crippen molar-refractivity contribution in [2.24, 2.45) is 5.92 Å². The van der Waals surface area contributed by atoms with Crippen LogP contribution >= 0.6 is 0 Å². The maximum atomic E-state index is 14.0. The number of anilines is 1. The normalized spacial score (nSPS) is 17.3. The maximum absolute atomic E-state index is 14.0. The minimum Gasteiger partial charge on any atom is -0.497 e. The van der Waals surface area contributed by atoms with E-state index in [4.69, 9.17) is 9.47 Å². The minimum atomic E-state index is -0.540. The van der Waals surface area contributed by atoms with E-state index in [1.807, 2.05) is 59.5 Å². The summed E-state index contributed by atoms with van der Waals surface area (Å²) in [5.41, 5.74) is 5.34. The number of allylic oxidation sites excluding steroid dienone is 2. The zero-order valence-corrected chi connectivity index (χ0v) is 24.3. The highest BCUT2D eigenvalue weighted by atomic mass is 16.5. The molecule has 2 unspecified atom stereocenters. The van der Waals surface area contributed by atoms with Gasteiger partial charge in [0.2, 0.25) is 5.91 Å². The van der Waals surface area contributed by atoms with Crippen molar-refractivity contribution in [1.82, 2.24) is 10.2 Å². The van der Waals surface area contributed by atoms with Crippen LogP contribution in [0.15, 0.2) is 108 Å². The van der Waals surface area contributed by atoms with E-state index in [2.05, 4.69) is 22.8 Å². The summed E-state index contributed by atoms with van der Waals surface area (Å²) in [6.07, 6.45) is 6.45. The fourth-order valence-corrected chi connectivity index (χ4v) is 5.84. The average molecular weight is 580 g/mol. The maximum Gasteiger partial charge on any atom is 0.338 e. The molecule has 3 aromatic rings. The van der Waals surface area contributed by atoms with Gasteiger partial charge in [-0.1, -0.05) is 66.7 Å². The smallest absolute Gasteiger partial charge is 0.338 e. The zero-order chi connectivity index (χ0) is 30.0. The molecule has 1 heterocycles. The lowest BCUT2D eigenvalue weighted by molar-refractivity contribution is -0.133. The van der Waals surface area contributed by atoms with Crippen LogP contribution in [0.3, 0.4) is 0 Å². The number of nitrogens with one attached hydrogen (secondary N) is 2. The molecular weight excluding hydrogens is 542 g/mol. The number of nitrogens with zero attached hydrogens (tertiary/aromatic N) is 1. The standard InChI is InChI=1S/C35H37N3O5/c1-2-43-34(40)29-14-9-15-30(21-29)37-35(41)36-22-32(39)38(23-26-12-7-4-8-13-26)33-28(20-25-10-5-3-6-11-25)17-16-27-18-19-42-24-31(27)33/h3-15,18-19,21,28,33H,2,16-17,20,22-24H2,1H3,(H2,36,37,41). The Morgan fingerprint density at radius 3 is 2.44 bits per heavy atom. The van der Waals surface area contributed by atoms with Crippen molar-refractivity contribution in [3.05, 3.63) is 125 Å². The summed E-state index contributed by atoms with van der Waals surface area (Å²) in [6.45, 7) is 2.64. The number of benzene rings is 3. The first-order valence-corrected chi connectivity index (χ1v) is 14.7. The topological polar surface area (TPSA) is 97.0 Å². The highest BCUT2D eigenvalue weighted by Crippen LogP contribution is 2.38. The molecule has 0 radical (unpaired) electrons. The van der Waals surface area contributed by atoms with E-state index in [9.17, 15) is 14.4 Å². The van der Waals surface area contributed by atoms with Crippen molar-refractivity contribution in [3.63, 3.8) is 0 Å². The first kappa shape index (κ1) is 29.6. The Kier molecular flexibility index (Phi) is 9.90. The monoisotopic (exact) mass is 579 g/mol. The number of hydrogen-bond donors (Lipinski definition) is 2. The minimum absolute atomic E-state index is 0.184. The van der Waals surface area contributed by atoms with Crippen LogP contribution in [0.5, 0.6) is 0 Å². The molecule has 0 saturated carbocycles. The van der Waals surface area contributed by atoms with E-state index in [0.717, 1.165) is 30.4 Å². The van der Waals surface area contributed by atoms with E-state index in [1.54, 1.807) is 37.5 Å². The summed E-state index contributed by atoms with van der Waals surface area (Å²) in [4.78, 5) is 40.9. The summed E-state index contributed by atoms with van der Waals surface area (Å²) in [5, 5.41) is 5.45. The number of ether oxygens (including phenoxy) is 2. The molecule has 5 rings (SSSR count). The predicted molar refractivity (Wildman–Crippen MR) is 165 cm³/mol. The highest BCUT2D eigenvalue weighted by Gasteiger charge is 2.38. The number of hydrogen-bond acceptors (Lipinski definition) is 5. The SMILES string of the molecule is CCOC(=O)c1cccc(NC(=O)NCC(=O)N(Cc2ccccc2)C2C3=C(C=COC3)CCC2Cc2ccccc2)c1. The second-order valence-corrected chi connectivity index (χ2v) is 10.7. The lowest BCUT2D eigenvalue weighted by Crippen LogP contribution is -2.51. The quantitative estimate of drug-likeness (QED) is 0.293. The third kappa shape index (κ3) is 7.71. The fourth-order valence-electron chi connectivity index (χ4n) is 5.84. The van der Waals surface area contributed by atoms with Gasteiger partial charge in [0.25, 0.3) is 0 Å². The third-order valence-corrected chi connectivity index (χ3v) is 7.83. The number of urea groups is 1. The zero-order valence-electron chi connectivity index (χ0n) is 24.3. The second kappa shape index (κ2) is 14.4. The summed E-state index contributed by atoms with van der Waals surface area (Å²) in [6, 6.07) is 26.0. The molecule has 0 saturated heterocycles. The Bertz CT molecular complexity index is 1490. The van der Waals surface area contributed by atoms with Gasteiger partial charge in [-0.05, 0) is 78.7 Å². The van der Waals surface area contributed by atoms with Crippen LogP contribution in [0.2, 0.25) is 0 Å². The van der Waals surface area contributed by atoms with Gasteiger partial charge in [-0.3, -0.25) is 4.79 Å². The lowest BCUT2D eigenvalue weighted by Gasteiger charge is -2.43. The number of esters is 1. The third-order valence-electron chi connectivity index (χ3n) is 7.83. The first-order chi connectivity index (χ1) is 21.0. The van der Waals surface area contributed by atoms with Gasteiger partial charge in [-0.2, -0.15) is 0 Å². The molecular formula is C35H37N3O5. The van der Waals surface area contributed by atoms with Crippen LogP contribution in [0.25, 0.3) is 0 Å². The van der Waals surface area contributed by atoms with Crippen LogP contribution < -0.4 is 10.6 Å². The van der Waals surface area contributed by atoms with Gasteiger partial charge >= 0.3 is 12.0 Å². The number of rotatable bonds is 10. The van der Waals surface area contributed by atoms with Gasteiger partial charge in [0, 0.05) is 12.2 Å². The van der Waals surface area contributed by atoms with Crippen molar-refractivity contribution in [2.75, 3.05) is 25.1 Å². The van der Waals surface area contributed by atoms with Gasteiger partial charge < -0.3 is 25.0 Å². The van der Waals surface area contributed by atoms with Crippen molar-refractivity contribution in [1.29, 1.82) is 0 Å². The number of amides is 3. The Hall–Kier alpha value is -4.85. The highest BCUT2D eigenvalue weighted by molar-refractivity contribution is 5.95. The largest absolute Gasteiger partial charge is 0.497 e. The molecule has 2 N–H and O–H groups in total. The summed E-state index contributed by atoms with van der Waals surface area (Å²) < 4.78 is 10.8. The predicted octanol–water partition coefficient (Wildman–Crippen LogP) is 5.88. The summed E-state index contributed by atoms with van der Waals surface area (Å²) >= 11 is 0. The van der Waals surface area contributed by atoms with Crippen molar-refractivity contribution < 1.29 is 23.9 Å². The van der Waals surface area contributed by atoms with E-state index in [1.165, 1.54) is 11.1 Å². The Morgan fingerprint density at radius 2 is 1.70 bits per heavy atom. The van der Waals surface area contributed by atoms with Gasteiger partial charge in [-0.25, -0.2) is 9.59 Å². The average Bonchev–Trinajstić information content (AvgIpc) is 3.04. The van der Waals surface area contributed by atoms with Crippen LogP contribution in [-0.2, 0) is 27.2 Å². The Balaban J connectivity index is 1.36. The van der Waals surface area contributed by atoms with E-state index >= 15 is 0 Å². The van der Waals surface area contributed by atoms with Gasteiger partial charge in [-0.15, -0.1) is 0 Å². The van der Waals surface area contributed by atoms with Gasteiger partial charge in [0.05, 0.1) is 31.0 Å². The van der Waals surface area contributed by atoms with Crippen LogP contribution in [0.4, 0.5) is 10.5 Å². The second-order valence-electron chi connectivity index (χ2n) is 10.7. The molecule has 0 bridgehead atoms. The summed E-state index contributed by atoms with van der Waals surface area (Å²) in [5.74, 6) is -0.472. The Morgan fingerprint density at radius 1 is 0.953 bits per heavy atom. The lowest BCUT2D eigenvalue weighted by atomic mass is 9.75. The molecule has 222 valence electrons. The van der Waals surface area contributed by atoms with Crippen LogP contribution in [0.1, 0.15) is 41.3 Å². The molecule has 0 fully saturated rings. The van der Waals surface area contributed by atoms with Crippen LogP contribution in [-0.4, -0.2) is 48.6 Å². The summed E-state index contributed by atoms with van der Waals surface area (Å²) in [7, 11) is 0. The molecule has 2 atom stereocenters. The molecule has 8 nitrogen and oxygen atoms in total. The molecule has 3 amide bonds. The van der Waals surface area contributed by atoms with Gasteiger partial charge in [0.15, 0.2) is 0 Å². The molecule has 2 aliphatic rings. The Labute approximate surface area is 252 Å². The molecule has 3 aromatic carbocycles. The molecule has 1 aliphatic carbocycles. The van der Waals surface area contributed by atoms with Crippen molar-refractivity contribution in [3.8, 4) is 0 Å². The fraction of sp³-hybridized carbons (Fsp3) is 0.286. The van der Waals surface area contributed by atoms with Crippen molar-refractivity contribution in [2.45, 2.75) is 38.8 Å². The molecule has 1 aliphatic heterocycles. The molecule has 0 aromatic heterocycles. The van der Waals surface area contributed by atoms with Crippen molar-refractivity contribution >= 4 is 23.6 Å². The van der Waals surface area contributed by atoms with Gasteiger partial charge in [0.1, 0.15) is 6.61 Å².